The molecule has 4 heteroatoms. The Kier molecular flexibility index (Phi) is 11.9. The minimum Gasteiger partial charge on any atom is -0.461 e. The Bertz CT molecular complexity index is 314. The summed E-state index contributed by atoms with van der Waals surface area (Å²) in [5.41, 5.74) is 0. The van der Waals surface area contributed by atoms with Gasteiger partial charge in [-0.15, -0.1) is 0 Å². The summed E-state index contributed by atoms with van der Waals surface area (Å²) in [5, 5.41) is 10.1. The van der Waals surface area contributed by atoms with Crippen LogP contribution in [0, 0.1) is 0 Å². The van der Waals surface area contributed by atoms with E-state index in [0.717, 1.165) is 51.7 Å². The molecule has 1 aliphatic heterocycles. The van der Waals surface area contributed by atoms with Crippen LogP contribution in [0.1, 0.15) is 70.6 Å². The van der Waals surface area contributed by atoms with Crippen LogP contribution in [0.2, 0.25) is 0 Å². The molecule has 0 bridgehead atoms. The van der Waals surface area contributed by atoms with E-state index in [2.05, 4.69) is 11.5 Å². The van der Waals surface area contributed by atoms with Crippen molar-refractivity contribution in [2.45, 2.75) is 76.7 Å². The van der Waals surface area contributed by atoms with E-state index in [-0.39, 0.29) is 12.1 Å². The molecule has 1 rings (SSSR count). The molecule has 23 heavy (non-hydrogen) atoms. The van der Waals surface area contributed by atoms with E-state index < -0.39 is 0 Å². The number of ether oxygens (including phenoxy) is 1. The van der Waals surface area contributed by atoms with Crippen molar-refractivity contribution in [3.63, 3.8) is 0 Å². The molecule has 4 nitrogen and oxygen atoms in total. The minimum absolute atomic E-state index is 0.120. The maximum atomic E-state index is 11.3. The zero-order chi connectivity index (χ0) is 16.8. The number of carbonyl (C=O) groups excluding carboxylic acids is 1. The average molecular weight is 325 g/mol. The van der Waals surface area contributed by atoms with Crippen LogP contribution in [-0.2, 0) is 9.53 Å². The van der Waals surface area contributed by atoms with Crippen molar-refractivity contribution in [1.29, 1.82) is 0 Å². The third-order valence-corrected chi connectivity index (χ3v) is 4.45. The maximum Gasteiger partial charge on any atom is 0.306 e. The van der Waals surface area contributed by atoms with Gasteiger partial charge in [0.1, 0.15) is 6.61 Å². The normalized spacial score (nSPS) is 16.9. The summed E-state index contributed by atoms with van der Waals surface area (Å²) in [6.45, 7) is 7.01. The third-order valence-electron chi connectivity index (χ3n) is 4.45. The monoisotopic (exact) mass is 325 g/mol. The van der Waals surface area contributed by atoms with Gasteiger partial charge in [-0.25, -0.2) is 0 Å². The van der Waals surface area contributed by atoms with E-state index in [9.17, 15) is 9.90 Å². The number of rotatable bonds is 13. The number of carbonyl (C=O) groups is 1. The zero-order valence-corrected chi connectivity index (χ0v) is 14.7. The lowest BCUT2D eigenvalue weighted by atomic mass is 10.0. The fourth-order valence-electron chi connectivity index (χ4n) is 3.11. The first-order chi connectivity index (χ1) is 11.2. The van der Waals surface area contributed by atoms with Gasteiger partial charge in [0.2, 0.25) is 0 Å². The zero-order valence-electron chi connectivity index (χ0n) is 14.7. The van der Waals surface area contributed by atoms with Crippen molar-refractivity contribution in [2.75, 3.05) is 26.2 Å². The summed E-state index contributed by atoms with van der Waals surface area (Å²) in [5.74, 6) is -0.120. The summed E-state index contributed by atoms with van der Waals surface area (Å²) in [6.07, 6.45) is 13.4. The van der Waals surface area contributed by atoms with Gasteiger partial charge in [-0.2, -0.15) is 0 Å². The topological polar surface area (TPSA) is 49.8 Å². The van der Waals surface area contributed by atoms with Crippen LogP contribution in [0.5, 0.6) is 0 Å². The molecule has 0 spiro atoms. The van der Waals surface area contributed by atoms with Crippen LogP contribution in [0.25, 0.3) is 0 Å². The summed E-state index contributed by atoms with van der Waals surface area (Å²) >= 11 is 0. The Morgan fingerprint density at radius 1 is 1.09 bits per heavy atom. The molecular weight excluding hydrogens is 290 g/mol. The van der Waals surface area contributed by atoms with E-state index >= 15 is 0 Å². The van der Waals surface area contributed by atoms with Gasteiger partial charge in [0.15, 0.2) is 0 Å². The van der Waals surface area contributed by atoms with Crippen molar-refractivity contribution in [2.24, 2.45) is 0 Å². The quantitative estimate of drug-likeness (QED) is 0.319. The standard InChI is InChI=1S/C19H35NO3/c1-2-16-23-19(22)13-9-6-4-3-5-8-12-18(21)17-20-14-10-7-11-15-20/h2,18,21H,1,3-17H2. The predicted molar refractivity (Wildman–Crippen MR) is 94.4 cm³/mol. The number of β-amino-alcohol motifs (C(OH)–C–C–N with tert-alkyl or cyclic N) is 1. The Balaban J connectivity index is 1.85. The van der Waals surface area contributed by atoms with Crippen molar-refractivity contribution < 1.29 is 14.6 Å². The molecule has 1 atom stereocenters. The Labute approximate surface area is 141 Å². The maximum absolute atomic E-state index is 11.3. The molecule has 1 fully saturated rings. The van der Waals surface area contributed by atoms with Crippen LogP contribution in [0.3, 0.4) is 0 Å². The summed E-state index contributed by atoms with van der Waals surface area (Å²) in [4.78, 5) is 13.7. The van der Waals surface area contributed by atoms with E-state index in [1.54, 1.807) is 6.08 Å². The highest BCUT2D eigenvalue weighted by atomic mass is 16.5. The predicted octanol–water partition coefficient (Wildman–Crippen LogP) is 3.68. The van der Waals surface area contributed by atoms with Gasteiger partial charge in [-0.1, -0.05) is 51.2 Å². The second-order valence-corrected chi connectivity index (χ2v) is 6.65. The first-order valence-electron chi connectivity index (χ1n) is 9.39. The second kappa shape index (κ2) is 13.6. The average Bonchev–Trinajstić information content (AvgIpc) is 2.56. The van der Waals surface area contributed by atoms with Crippen molar-refractivity contribution >= 4 is 5.97 Å². The molecule has 1 saturated heterocycles. The number of hydrogen-bond acceptors (Lipinski definition) is 4. The van der Waals surface area contributed by atoms with Crippen LogP contribution >= 0.6 is 0 Å². The van der Waals surface area contributed by atoms with Crippen molar-refractivity contribution in [3.8, 4) is 0 Å². The molecule has 134 valence electrons. The largest absolute Gasteiger partial charge is 0.461 e. The third kappa shape index (κ3) is 11.3. The fourth-order valence-corrected chi connectivity index (χ4v) is 3.11. The Morgan fingerprint density at radius 2 is 1.74 bits per heavy atom. The van der Waals surface area contributed by atoms with Crippen molar-refractivity contribution in [3.05, 3.63) is 12.7 Å². The molecule has 1 N–H and O–H groups in total. The molecule has 0 amide bonds. The number of esters is 1. The highest BCUT2D eigenvalue weighted by Crippen LogP contribution is 2.13. The van der Waals surface area contributed by atoms with Gasteiger partial charge in [-0.05, 0) is 38.8 Å². The lowest BCUT2D eigenvalue weighted by Gasteiger charge is -2.28. The Morgan fingerprint density at radius 3 is 2.43 bits per heavy atom. The summed E-state index contributed by atoms with van der Waals surface area (Å²) in [7, 11) is 0. The number of unbranched alkanes of at least 4 members (excludes halogenated alkanes) is 5. The molecule has 0 aromatic heterocycles. The number of likely N-dealkylation sites (tertiary alicyclic amines) is 1. The van der Waals surface area contributed by atoms with Crippen molar-refractivity contribution in [1.82, 2.24) is 4.90 Å². The molecule has 0 aliphatic carbocycles. The van der Waals surface area contributed by atoms with Crippen LogP contribution in [0.15, 0.2) is 12.7 Å². The first kappa shape index (κ1) is 20.2. The number of aliphatic hydroxyl groups is 1. The molecule has 0 aromatic rings. The molecule has 0 saturated carbocycles. The Hall–Kier alpha value is -0.870. The lowest BCUT2D eigenvalue weighted by molar-refractivity contribution is -0.142. The summed E-state index contributed by atoms with van der Waals surface area (Å²) in [6, 6.07) is 0. The molecule has 0 radical (unpaired) electrons. The smallest absolute Gasteiger partial charge is 0.306 e. The van der Waals surface area contributed by atoms with E-state index in [1.165, 1.54) is 32.1 Å². The number of nitrogens with zero attached hydrogens (tertiary/aromatic N) is 1. The van der Waals surface area contributed by atoms with Gasteiger partial charge in [-0.3, -0.25) is 4.79 Å². The van der Waals surface area contributed by atoms with Gasteiger partial charge < -0.3 is 14.7 Å². The SMILES string of the molecule is C=CCOC(=O)CCCCCCCCC(O)CN1CCCCC1. The number of hydrogen-bond donors (Lipinski definition) is 1. The molecule has 1 unspecified atom stereocenters. The minimum atomic E-state index is -0.160. The van der Waals surface area contributed by atoms with Gasteiger partial charge >= 0.3 is 5.97 Å². The highest BCUT2D eigenvalue weighted by molar-refractivity contribution is 5.69. The highest BCUT2D eigenvalue weighted by Gasteiger charge is 2.14. The van der Waals surface area contributed by atoms with Gasteiger partial charge in [0.05, 0.1) is 6.10 Å². The van der Waals surface area contributed by atoms with Gasteiger partial charge in [0.25, 0.3) is 0 Å². The fraction of sp³-hybridized carbons (Fsp3) is 0.842. The number of piperidine rings is 1. The van der Waals surface area contributed by atoms with Crippen LogP contribution in [-0.4, -0.2) is 48.3 Å². The van der Waals surface area contributed by atoms with E-state index in [0.29, 0.717) is 13.0 Å². The molecular formula is C19H35NO3. The molecule has 1 heterocycles. The number of aliphatic hydroxyl groups excluding tert-OH is 1. The first-order valence-corrected chi connectivity index (χ1v) is 9.39. The molecule has 0 aromatic carbocycles. The molecule has 1 aliphatic rings. The van der Waals surface area contributed by atoms with E-state index in [1.807, 2.05) is 0 Å². The lowest BCUT2D eigenvalue weighted by Crippen LogP contribution is -2.36. The summed E-state index contributed by atoms with van der Waals surface area (Å²) < 4.78 is 4.94. The van der Waals surface area contributed by atoms with Crippen LogP contribution < -0.4 is 0 Å². The van der Waals surface area contributed by atoms with E-state index in [4.69, 9.17) is 4.74 Å². The van der Waals surface area contributed by atoms with Gasteiger partial charge in [0, 0.05) is 13.0 Å². The second-order valence-electron chi connectivity index (χ2n) is 6.65. The van der Waals surface area contributed by atoms with Crippen LogP contribution in [0.4, 0.5) is 0 Å².